The highest BCUT2D eigenvalue weighted by Gasteiger charge is 2.12. The van der Waals surface area contributed by atoms with Gasteiger partial charge in [-0.25, -0.2) is 0 Å². The van der Waals surface area contributed by atoms with Crippen LogP contribution >= 0.6 is 0 Å². The molecule has 1 atom stereocenters. The van der Waals surface area contributed by atoms with Crippen LogP contribution in [-0.4, -0.2) is 12.3 Å². The van der Waals surface area contributed by atoms with Gasteiger partial charge in [-0.3, -0.25) is 9.63 Å². The number of hydrogen-bond donors (Lipinski definition) is 1. The van der Waals surface area contributed by atoms with Crippen LogP contribution in [0.15, 0.2) is 30.3 Å². The summed E-state index contributed by atoms with van der Waals surface area (Å²) in [5.41, 5.74) is 3.76. The minimum atomic E-state index is -0.367. The zero-order valence-electron chi connectivity index (χ0n) is 9.07. The predicted molar refractivity (Wildman–Crippen MR) is 58.7 cm³/mol. The van der Waals surface area contributed by atoms with E-state index < -0.39 is 0 Å². The molecule has 0 fully saturated rings. The summed E-state index contributed by atoms with van der Waals surface area (Å²) in [6.45, 7) is 4.33. The van der Waals surface area contributed by atoms with Crippen LogP contribution in [0.1, 0.15) is 19.4 Å². The standard InChI is InChI=1S/C12H16NO2/c1-10(2)12(8-14)13-15-9-11-6-4-3-5-7-11/h3-7,10,12-13H,9H2,1-2H3. The van der Waals surface area contributed by atoms with Gasteiger partial charge in [-0.1, -0.05) is 44.2 Å². The fourth-order valence-corrected chi connectivity index (χ4v) is 1.09. The molecule has 1 rings (SSSR count). The maximum absolute atomic E-state index is 10.5. The van der Waals surface area contributed by atoms with E-state index in [2.05, 4.69) is 5.48 Å². The second-order valence-corrected chi connectivity index (χ2v) is 3.73. The van der Waals surface area contributed by atoms with Crippen molar-refractivity contribution in [3.8, 4) is 0 Å². The molecule has 0 heterocycles. The van der Waals surface area contributed by atoms with E-state index >= 15 is 0 Å². The van der Waals surface area contributed by atoms with Crippen molar-refractivity contribution in [3.05, 3.63) is 35.9 Å². The van der Waals surface area contributed by atoms with Gasteiger partial charge in [0.25, 0.3) is 0 Å². The summed E-state index contributed by atoms with van der Waals surface area (Å²) < 4.78 is 0. The van der Waals surface area contributed by atoms with Crippen molar-refractivity contribution in [1.82, 2.24) is 5.48 Å². The Kier molecular flexibility index (Phi) is 5.01. The Labute approximate surface area is 90.4 Å². The largest absolute Gasteiger partial charge is 0.296 e. The summed E-state index contributed by atoms with van der Waals surface area (Å²) in [7, 11) is 0. The Balaban J connectivity index is 2.30. The Morgan fingerprint density at radius 3 is 2.53 bits per heavy atom. The van der Waals surface area contributed by atoms with E-state index in [4.69, 9.17) is 4.84 Å². The van der Waals surface area contributed by atoms with Gasteiger partial charge in [0, 0.05) is 0 Å². The molecule has 0 saturated carbocycles. The highest BCUT2D eigenvalue weighted by atomic mass is 16.6. The van der Waals surface area contributed by atoms with Crippen molar-refractivity contribution >= 4 is 6.29 Å². The van der Waals surface area contributed by atoms with Gasteiger partial charge in [-0.15, -0.1) is 0 Å². The van der Waals surface area contributed by atoms with Crippen LogP contribution in [-0.2, 0) is 16.2 Å². The summed E-state index contributed by atoms with van der Waals surface area (Å²) in [5, 5.41) is 0. The third-order valence-electron chi connectivity index (χ3n) is 2.09. The smallest absolute Gasteiger partial charge is 0.219 e. The maximum atomic E-state index is 10.5. The van der Waals surface area contributed by atoms with E-state index in [1.807, 2.05) is 50.5 Å². The zero-order valence-corrected chi connectivity index (χ0v) is 9.07. The van der Waals surface area contributed by atoms with Crippen molar-refractivity contribution in [3.63, 3.8) is 0 Å². The Morgan fingerprint density at radius 1 is 1.33 bits per heavy atom. The summed E-state index contributed by atoms with van der Waals surface area (Å²) in [6, 6.07) is 9.42. The third kappa shape index (κ3) is 4.23. The van der Waals surface area contributed by atoms with Gasteiger partial charge in [0.05, 0.1) is 6.61 Å². The minimum absolute atomic E-state index is 0.179. The molecule has 3 heteroatoms. The summed E-state index contributed by atoms with van der Waals surface area (Å²) in [6.07, 6.45) is 1.90. The summed E-state index contributed by atoms with van der Waals surface area (Å²) in [5.74, 6) is 0.179. The highest BCUT2D eigenvalue weighted by Crippen LogP contribution is 2.02. The molecule has 0 saturated heterocycles. The fourth-order valence-electron chi connectivity index (χ4n) is 1.09. The molecule has 0 aliphatic carbocycles. The summed E-state index contributed by atoms with van der Waals surface area (Å²) >= 11 is 0. The quantitative estimate of drug-likeness (QED) is 0.722. The lowest BCUT2D eigenvalue weighted by Crippen LogP contribution is -2.35. The molecular formula is C12H16NO2. The first kappa shape index (κ1) is 11.9. The fraction of sp³-hybridized carbons (Fsp3) is 0.417. The zero-order chi connectivity index (χ0) is 11.1. The maximum Gasteiger partial charge on any atom is 0.219 e. The van der Waals surface area contributed by atoms with Crippen LogP contribution in [0, 0.1) is 5.92 Å². The average Bonchev–Trinajstić information content (AvgIpc) is 2.25. The van der Waals surface area contributed by atoms with Crippen LogP contribution in [0.2, 0.25) is 0 Å². The second kappa shape index (κ2) is 6.32. The van der Waals surface area contributed by atoms with Gasteiger partial charge >= 0.3 is 0 Å². The van der Waals surface area contributed by atoms with E-state index in [1.165, 1.54) is 0 Å². The van der Waals surface area contributed by atoms with Gasteiger partial charge in [0.1, 0.15) is 6.04 Å². The lowest BCUT2D eigenvalue weighted by Gasteiger charge is -2.14. The molecule has 1 aromatic rings. The summed E-state index contributed by atoms with van der Waals surface area (Å²) in [4.78, 5) is 15.7. The van der Waals surface area contributed by atoms with Gasteiger partial charge < -0.3 is 0 Å². The van der Waals surface area contributed by atoms with E-state index in [1.54, 1.807) is 0 Å². The first-order valence-corrected chi connectivity index (χ1v) is 5.03. The monoisotopic (exact) mass is 206 g/mol. The molecular weight excluding hydrogens is 190 g/mol. The van der Waals surface area contributed by atoms with Crippen LogP contribution in [0.5, 0.6) is 0 Å². The van der Waals surface area contributed by atoms with Crippen LogP contribution in [0.4, 0.5) is 0 Å². The predicted octanol–water partition coefficient (Wildman–Crippen LogP) is 1.84. The van der Waals surface area contributed by atoms with E-state index in [0.29, 0.717) is 6.61 Å². The average molecular weight is 206 g/mol. The molecule has 1 aromatic carbocycles. The molecule has 1 unspecified atom stereocenters. The van der Waals surface area contributed by atoms with Gasteiger partial charge in [0.2, 0.25) is 6.29 Å². The normalized spacial score (nSPS) is 12.7. The molecule has 1 N–H and O–H groups in total. The number of nitrogens with one attached hydrogen (secondary N) is 1. The van der Waals surface area contributed by atoms with Crippen molar-refractivity contribution in [2.45, 2.75) is 26.5 Å². The Bertz CT molecular complexity index is 285. The lowest BCUT2D eigenvalue weighted by molar-refractivity contribution is 0.00856. The minimum Gasteiger partial charge on any atom is -0.296 e. The van der Waals surface area contributed by atoms with Crippen molar-refractivity contribution in [2.24, 2.45) is 5.92 Å². The van der Waals surface area contributed by atoms with Crippen molar-refractivity contribution < 1.29 is 9.63 Å². The highest BCUT2D eigenvalue weighted by molar-refractivity contribution is 5.58. The molecule has 3 nitrogen and oxygen atoms in total. The van der Waals surface area contributed by atoms with Gasteiger partial charge in [-0.2, -0.15) is 5.48 Å². The molecule has 15 heavy (non-hydrogen) atoms. The molecule has 0 aliphatic rings. The Morgan fingerprint density at radius 2 is 2.00 bits per heavy atom. The van der Waals surface area contributed by atoms with Crippen LogP contribution in [0.25, 0.3) is 0 Å². The van der Waals surface area contributed by atoms with E-state index in [0.717, 1.165) is 5.56 Å². The molecule has 0 spiro atoms. The van der Waals surface area contributed by atoms with Crippen LogP contribution < -0.4 is 5.48 Å². The van der Waals surface area contributed by atoms with Gasteiger partial charge in [-0.05, 0) is 11.5 Å². The SMILES string of the molecule is CC(C)C([C]=O)NOCc1ccccc1. The number of carbonyl (C=O) groups excluding carboxylic acids is 1. The first-order valence-electron chi connectivity index (χ1n) is 5.03. The number of hydroxylamine groups is 1. The second-order valence-electron chi connectivity index (χ2n) is 3.73. The third-order valence-corrected chi connectivity index (χ3v) is 2.09. The molecule has 0 aliphatic heterocycles. The number of benzene rings is 1. The van der Waals surface area contributed by atoms with E-state index in [-0.39, 0.29) is 12.0 Å². The molecule has 81 valence electrons. The number of rotatable bonds is 6. The first-order chi connectivity index (χ1) is 7.24. The molecule has 1 radical (unpaired) electrons. The number of hydrogen-bond acceptors (Lipinski definition) is 3. The molecule has 0 bridgehead atoms. The van der Waals surface area contributed by atoms with Gasteiger partial charge in [0.15, 0.2) is 0 Å². The van der Waals surface area contributed by atoms with E-state index in [9.17, 15) is 4.79 Å². The molecule has 0 amide bonds. The molecule has 0 aromatic heterocycles. The Hall–Kier alpha value is -1.19. The van der Waals surface area contributed by atoms with Crippen molar-refractivity contribution in [2.75, 3.05) is 0 Å². The van der Waals surface area contributed by atoms with Crippen molar-refractivity contribution in [1.29, 1.82) is 0 Å². The lowest BCUT2D eigenvalue weighted by atomic mass is 10.1. The topological polar surface area (TPSA) is 38.3 Å². The van der Waals surface area contributed by atoms with Crippen LogP contribution in [0.3, 0.4) is 0 Å².